The third-order valence-electron chi connectivity index (χ3n) is 6.06. The Bertz CT molecular complexity index is 1170. The average Bonchev–Trinajstić information content (AvgIpc) is 3.34. The third kappa shape index (κ3) is 5.90. The van der Waals surface area contributed by atoms with Gasteiger partial charge in [0.25, 0.3) is 5.91 Å². The second-order valence-corrected chi connectivity index (χ2v) is 10.6. The Morgan fingerprint density at radius 1 is 1.14 bits per heavy atom. The first-order chi connectivity index (χ1) is 16.8. The number of nitrogens with zero attached hydrogens (tertiary/aromatic N) is 2. The highest BCUT2D eigenvalue weighted by atomic mass is 32.1. The van der Waals surface area contributed by atoms with Crippen LogP contribution in [0.4, 0.5) is 0 Å². The Hall–Kier alpha value is -3.19. The van der Waals surface area contributed by atoms with Crippen LogP contribution in [0.1, 0.15) is 65.9 Å². The van der Waals surface area contributed by atoms with Crippen LogP contribution in [0, 0.1) is 11.8 Å². The van der Waals surface area contributed by atoms with Crippen LogP contribution in [-0.4, -0.2) is 34.8 Å². The van der Waals surface area contributed by atoms with Gasteiger partial charge in [-0.3, -0.25) is 9.59 Å². The SMILES string of the molecule is CC(C)CNC(=O)c1csc(COc2ccc3c(c2)[C@@H](c2ccccc2)N(C(=O)C(C)C)CC3)n1. The molecule has 1 aromatic heterocycles. The van der Waals surface area contributed by atoms with Crippen LogP contribution in [0.25, 0.3) is 0 Å². The lowest BCUT2D eigenvalue weighted by Gasteiger charge is -2.39. The molecule has 2 heterocycles. The van der Waals surface area contributed by atoms with E-state index in [1.165, 1.54) is 16.9 Å². The molecular weight excluding hydrogens is 458 g/mol. The summed E-state index contributed by atoms with van der Waals surface area (Å²) in [6.07, 6.45) is 0.818. The molecular formula is C28H33N3O3S. The molecule has 0 radical (unpaired) electrons. The van der Waals surface area contributed by atoms with Crippen molar-refractivity contribution in [2.24, 2.45) is 11.8 Å². The van der Waals surface area contributed by atoms with Crippen molar-refractivity contribution in [1.29, 1.82) is 0 Å². The Kier molecular flexibility index (Phi) is 7.86. The first kappa shape index (κ1) is 24.9. The molecule has 4 rings (SSSR count). The van der Waals surface area contributed by atoms with E-state index in [1.807, 2.05) is 43.0 Å². The first-order valence-electron chi connectivity index (χ1n) is 12.2. The predicted octanol–water partition coefficient (Wildman–Crippen LogP) is 5.24. The van der Waals surface area contributed by atoms with E-state index >= 15 is 0 Å². The standard InChI is InChI=1S/C28H33N3O3S/c1-18(2)15-29-27(32)24-17-35-25(30-24)16-34-22-11-10-20-12-13-31(28(33)19(3)4)26(23(20)14-22)21-8-6-5-7-9-21/h5-11,14,17-19,26H,12-13,15-16H2,1-4H3,(H,29,32)/t26-/m1/s1. The van der Waals surface area contributed by atoms with E-state index in [4.69, 9.17) is 4.74 Å². The van der Waals surface area contributed by atoms with E-state index in [2.05, 4.69) is 48.4 Å². The fourth-order valence-corrected chi connectivity index (χ4v) is 4.95. The lowest BCUT2D eigenvalue weighted by Crippen LogP contribution is -2.42. The zero-order valence-electron chi connectivity index (χ0n) is 20.8. The van der Waals surface area contributed by atoms with Gasteiger partial charge in [0.1, 0.15) is 23.1 Å². The van der Waals surface area contributed by atoms with Crippen LogP contribution in [0.2, 0.25) is 0 Å². The van der Waals surface area contributed by atoms with Crippen molar-refractivity contribution >= 4 is 23.2 Å². The Morgan fingerprint density at radius 3 is 2.63 bits per heavy atom. The summed E-state index contributed by atoms with van der Waals surface area (Å²) in [4.78, 5) is 31.8. The van der Waals surface area contributed by atoms with Crippen molar-refractivity contribution in [3.8, 4) is 5.75 Å². The molecule has 1 aliphatic rings. The maximum absolute atomic E-state index is 13.1. The van der Waals surface area contributed by atoms with Gasteiger partial charge in [-0.1, -0.05) is 64.1 Å². The number of ether oxygens (including phenoxy) is 1. The van der Waals surface area contributed by atoms with Gasteiger partial charge in [0.2, 0.25) is 5.91 Å². The van der Waals surface area contributed by atoms with Crippen molar-refractivity contribution in [3.63, 3.8) is 0 Å². The molecule has 1 atom stereocenters. The van der Waals surface area contributed by atoms with Crippen LogP contribution in [-0.2, 0) is 17.8 Å². The van der Waals surface area contributed by atoms with Crippen LogP contribution in [0.15, 0.2) is 53.9 Å². The molecule has 0 spiro atoms. The minimum absolute atomic E-state index is 0.0703. The van der Waals surface area contributed by atoms with Crippen LogP contribution < -0.4 is 10.1 Å². The highest BCUT2D eigenvalue weighted by Gasteiger charge is 2.33. The number of fused-ring (bicyclic) bond motifs is 1. The van der Waals surface area contributed by atoms with Crippen molar-refractivity contribution < 1.29 is 14.3 Å². The quantitative estimate of drug-likeness (QED) is 0.468. The van der Waals surface area contributed by atoms with Gasteiger partial charge in [-0.25, -0.2) is 4.98 Å². The maximum atomic E-state index is 13.1. The topological polar surface area (TPSA) is 71.5 Å². The van der Waals surface area contributed by atoms with Gasteiger partial charge in [-0.15, -0.1) is 11.3 Å². The van der Waals surface area contributed by atoms with Gasteiger partial charge in [0, 0.05) is 24.4 Å². The molecule has 0 fully saturated rings. The summed E-state index contributed by atoms with van der Waals surface area (Å²) >= 11 is 1.42. The smallest absolute Gasteiger partial charge is 0.270 e. The van der Waals surface area contributed by atoms with E-state index in [1.54, 1.807) is 5.38 Å². The summed E-state index contributed by atoms with van der Waals surface area (Å²) in [7, 11) is 0. The molecule has 0 saturated heterocycles. The molecule has 1 aliphatic heterocycles. The molecule has 1 N–H and O–H groups in total. The van der Waals surface area contributed by atoms with Gasteiger partial charge >= 0.3 is 0 Å². The lowest BCUT2D eigenvalue weighted by atomic mass is 9.87. The number of carbonyl (C=O) groups excluding carboxylic acids is 2. The van der Waals surface area contributed by atoms with Crippen LogP contribution >= 0.6 is 11.3 Å². The number of rotatable bonds is 8. The maximum Gasteiger partial charge on any atom is 0.270 e. The molecule has 35 heavy (non-hydrogen) atoms. The van der Waals surface area contributed by atoms with Crippen LogP contribution in [0.5, 0.6) is 5.75 Å². The number of amides is 2. The molecule has 0 saturated carbocycles. The van der Waals surface area contributed by atoms with Gasteiger partial charge in [0.05, 0.1) is 6.04 Å². The summed E-state index contributed by atoms with van der Waals surface area (Å²) in [6.45, 7) is 9.61. The number of benzene rings is 2. The molecule has 0 aliphatic carbocycles. The number of aromatic nitrogens is 1. The van der Waals surface area contributed by atoms with Crippen molar-refractivity contribution in [3.05, 3.63) is 81.3 Å². The zero-order chi connectivity index (χ0) is 24.9. The highest BCUT2D eigenvalue weighted by molar-refractivity contribution is 7.09. The summed E-state index contributed by atoms with van der Waals surface area (Å²) in [6, 6.07) is 16.2. The lowest BCUT2D eigenvalue weighted by molar-refractivity contribution is -0.136. The number of carbonyl (C=O) groups is 2. The summed E-state index contributed by atoms with van der Waals surface area (Å²) < 4.78 is 6.09. The predicted molar refractivity (Wildman–Crippen MR) is 139 cm³/mol. The summed E-state index contributed by atoms with van der Waals surface area (Å²) in [5.41, 5.74) is 3.85. The van der Waals surface area contributed by atoms with E-state index < -0.39 is 0 Å². The molecule has 2 aromatic carbocycles. The van der Waals surface area contributed by atoms with Gasteiger partial charge in [0.15, 0.2) is 0 Å². The van der Waals surface area contributed by atoms with Gasteiger partial charge in [-0.2, -0.15) is 0 Å². The Balaban J connectivity index is 1.53. The Morgan fingerprint density at radius 2 is 1.91 bits per heavy atom. The van der Waals surface area contributed by atoms with E-state index in [-0.39, 0.29) is 30.4 Å². The average molecular weight is 492 g/mol. The number of hydrogen-bond donors (Lipinski definition) is 1. The third-order valence-corrected chi connectivity index (χ3v) is 6.88. The number of nitrogens with one attached hydrogen (secondary N) is 1. The second kappa shape index (κ2) is 11.0. The highest BCUT2D eigenvalue weighted by Crippen LogP contribution is 2.38. The van der Waals surface area contributed by atoms with Gasteiger partial charge in [-0.05, 0) is 41.2 Å². The number of hydrogen-bond acceptors (Lipinski definition) is 5. The Labute approximate surface area is 211 Å². The molecule has 3 aromatic rings. The van der Waals surface area contributed by atoms with Crippen molar-refractivity contribution in [2.75, 3.05) is 13.1 Å². The second-order valence-electron chi connectivity index (χ2n) is 9.63. The van der Waals surface area contributed by atoms with Crippen molar-refractivity contribution in [2.45, 2.75) is 46.8 Å². The van der Waals surface area contributed by atoms with E-state index in [0.29, 0.717) is 24.7 Å². The van der Waals surface area contributed by atoms with Crippen LogP contribution in [0.3, 0.4) is 0 Å². The molecule has 0 unspecified atom stereocenters. The summed E-state index contributed by atoms with van der Waals surface area (Å²) in [5, 5.41) is 5.40. The molecule has 0 bridgehead atoms. The normalized spacial score (nSPS) is 15.3. The molecule has 2 amide bonds. The summed E-state index contributed by atoms with van der Waals surface area (Å²) in [5.74, 6) is 1.04. The van der Waals surface area contributed by atoms with E-state index in [0.717, 1.165) is 28.3 Å². The largest absolute Gasteiger partial charge is 0.486 e. The fraction of sp³-hybridized carbons (Fsp3) is 0.393. The first-order valence-corrected chi connectivity index (χ1v) is 13.0. The molecule has 7 heteroatoms. The molecule has 184 valence electrons. The van der Waals surface area contributed by atoms with Crippen molar-refractivity contribution in [1.82, 2.24) is 15.2 Å². The minimum Gasteiger partial charge on any atom is -0.486 e. The van der Waals surface area contributed by atoms with E-state index in [9.17, 15) is 9.59 Å². The molecule has 6 nitrogen and oxygen atoms in total. The monoisotopic (exact) mass is 491 g/mol. The number of thiazole rings is 1. The zero-order valence-corrected chi connectivity index (χ0v) is 21.6. The van der Waals surface area contributed by atoms with Gasteiger partial charge < -0.3 is 15.0 Å². The minimum atomic E-state index is -0.157. The fourth-order valence-electron chi connectivity index (χ4n) is 4.26.